The average Bonchev–Trinajstić information content (AvgIpc) is 2.45. The first-order valence-electron chi connectivity index (χ1n) is 5.55. The number of hydrogen-bond acceptors (Lipinski definition) is 5. The van der Waals surface area contributed by atoms with Gasteiger partial charge in [0.25, 0.3) is 5.69 Å². The smallest absolute Gasteiger partial charge is 0.273 e. The molecule has 0 saturated carbocycles. The van der Waals surface area contributed by atoms with Gasteiger partial charge in [-0.1, -0.05) is 6.07 Å². The summed E-state index contributed by atoms with van der Waals surface area (Å²) in [4.78, 5) is 14.2. The predicted molar refractivity (Wildman–Crippen MR) is 68.2 cm³/mol. The van der Waals surface area contributed by atoms with Crippen LogP contribution < -0.4 is 9.47 Å². The van der Waals surface area contributed by atoms with E-state index in [0.717, 1.165) is 5.56 Å². The van der Waals surface area contributed by atoms with E-state index in [-0.39, 0.29) is 5.69 Å². The summed E-state index contributed by atoms with van der Waals surface area (Å²) in [5, 5.41) is 10.7. The molecule has 2 aromatic rings. The second kappa shape index (κ2) is 5.81. The summed E-state index contributed by atoms with van der Waals surface area (Å²) in [5.41, 5.74) is 0.869. The summed E-state index contributed by atoms with van der Waals surface area (Å²) < 4.78 is 10.6. The Balaban J connectivity index is 2.14. The number of methoxy groups -OCH3 is 1. The highest BCUT2D eigenvalue weighted by Gasteiger charge is 2.12. The second-order valence-electron chi connectivity index (χ2n) is 3.74. The van der Waals surface area contributed by atoms with Crippen molar-refractivity contribution in [2.24, 2.45) is 0 Å². The molecule has 0 fully saturated rings. The lowest BCUT2D eigenvalue weighted by molar-refractivity contribution is -0.385. The minimum Gasteiger partial charge on any atom is -0.493 e. The Bertz CT molecular complexity index is 572. The highest BCUT2D eigenvalue weighted by atomic mass is 16.6. The van der Waals surface area contributed by atoms with Gasteiger partial charge in [-0.2, -0.15) is 0 Å². The molecule has 1 aromatic heterocycles. The molecule has 0 unspecified atom stereocenters. The van der Waals surface area contributed by atoms with Crippen molar-refractivity contribution in [1.82, 2.24) is 4.98 Å². The monoisotopic (exact) mass is 260 g/mol. The highest BCUT2D eigenvalue weighted by Crippen LogP contribution is 2.31. The number of benzene rings is 1. The molecule has 0 atom stereocenters. The number of non-ortho nitro benzene ring substituents is 1. The fourth-order valence-electron chi connectivity index (χ4n) is 1.53. The Morgan fingerprint density at radius 2 is 2.16 bits per heavy atom. The van der Waals surface area contributed by atoms with Crippen molar-refractivity contribution in [1.29, 1.82) is 0 Å². The first kappa shape index (κ1) is 12.8. The van der Waals surface area contributed by atoms with E-state index in [9.17, 15) is 10.1 Å². The zero-order valence-corrected chi connectivity index (χ0v) is 10.3. The fraction of sp³-hybridized carbons (Fsp3) is 0.154. The van der Waals surface area contributed by atoms with E-state index in [2.05, 4.69) is 4.98 Å². The van der Waals surface area contributed by atoms with Crippen LogP contribution in [0.5, 0.6) is 11.5 Å². The van der Waals surface area contributed by atoms with Crippen LogP contribution in [0.3, 0.4) is 0 Å². The zero-order valence-electron chi connectivity index (χ0n) is 10.3. The van der Waals surface area contributed by atoms with Crippen molar-refractivity contribution in [3.63, 3.8) is 0 Å². The molecule has 1 aromatic carbocycles. The van der Waals surface area contributed by atoms with E-state index in [1.807, 2.05) is 12.1 Å². The number of nitrogens with zero attached hydrogens (tertiary/aromatic N) is 2. The molecular weight excluding hydrogens is 248 g/mol. The zero-order chi connectivity index (χ0) is 13.7. The van der Waals surface area contributed by atoms with Crippen LogP contribution in [-0.4, -0.2) is 17.0 Å². The van der Waals surface area contributed by atoms with E-state index in [1.165, 1.54) is 25.3 Å². The maximum Gasteiger partial charge on any atom is 0.273 e. The maximum absolute atomic E-state index is 10.7. The van der Waals surface area contributed by atoms with Gasteiger partial charge in [0, 0.05) is 24.0 Å². The van der Waals surface area contributed by atoms with Crippen molar-refractivity contribution in [2.45, 2.75) is 6.61 Å². The van der Waals surface area contributed by atoms with E-state index in [4.69, 9.17) is 9.47 Å². The molecule has 1 heterocycles. The normalized spacial score (nSPS) is 9.95. The first-order chi connectivity index (χ1) is 9.20. The van der Waals surface area contributed by atoms with Gasteiger partial charge in [0.15, 0.2) is 11.5 Å². The third-order valence-corrected chi connectivity index (χ3v) is 2.48. The Morgan fingerprint density at radius 1 is 1.32 bits per heavy atom. The Morgan fingerprint density at radius 3 is 2.79 bits per heavy atom. The molecule has 0 radical (unpaired) electrons. The molecule has 2 rings (SSSR count). The van der Waals surface area contributed by atoms with E-state index in [0.29, 0.717) is 18.1 Å². The quantitative estimate of drug-likeness (QED) is 0.610. The van der Waals surface area contributed by atoms with Crippen LogP contribution in [0.25, 0.3) is 0 Å². The lowest BCUT2D eigenvalue weighted by atomic mass is 10.2. The number of aromatic nitrogens is 1. The van der Waals surface area contributed by atoms with Crippen molar-refractivity contribution >= 4 is 5.69 Å². The van der Waals surface area contributed by atoms with E-state index in [1.54, 1.807) is 12.4 Å². The summed E-state index contributed by atoms with van der Waals surface area (Å²) in [7, 11) is 1.44. The topological polar surface area (TPSA) is 74.5 Å². The van der Waals surface area contributed by atoms with Gasteiger partial charge >= 0.3 is 0 Å². The number of nitro groups is 1. The summed E-state index contributed by atoms with van der Waals surface area (Å²) in [5.74, 6) is 0.787. The fourth-order valence-corrected chi connectivity index (χ4v) is 1.53. The largest absolute Gasteiger partial charge is 0.493 e. The van der Waals surface area contributed by atoms with Crippen LogP contribution in [-0.2, 0) is 6.61 Å². The van der Waals surface area contributed by atoms with Crippen molar-refractivity contribution in [3.05, 3.63) is 58.4 Å². The molecular formula is C13H12N2O4. The average molecular weight is 260 g/mol. The number of hydrogen-bond donors (Lipinski definition) is 0. The molecule has 6 heteroatoms. The minimum absolute atomic E-state index is 0.0365. The van der Waals surface area contributed by atoms with Crippen LogP contribution in [0.2, 0.25) is 0 Å². The molecule has 0 spiro atoms. The van der Waals surface area contributed by atoms with Crippen LogP contribution in [0.4, 0.5) is 5.69 Å². The summed E-state index contributed by atoms with van der Waals surface area (Å²) >= 11 is 0. The molecule has 0 N–H and O–H groups in total. The predicted octanol–water partition coefficient (Wildman–Crippen LogP) is 2.58. The molecule has 0 bridgehead atoms. The van der Waals surface area contributed by atoms with Gasteiger partial charge < -0.3 is 9.47 Å². The van der Waals surface area contributed by atoms with Crippen LogP contribution >= 0.6 is 0 Å². The Kier molecular flexibility index (Phi) is 3.92. The van der Waals surface area contributed by atoms with Crippen LogP contribution in [0, 0.1) is 10.1 Å². The van der Waals surface area contributed by atoms with Gasteiger partial charge in [0.1, 0.15) is 6.61 Å². The van der Waals surface area contributed by atoms with Gasteiger partial charge in [-0.05, 0) is 12.1 Å². The van der Waals surface area contributed by atoms with Crippen molar-refractivity contribution < 1.29 is 14.4 Å². The van der Waals surface area contributed by atoms with Crippen molar-refractivity contribution in [3.8, 4) is 11.5 Å². The number of nitro benzene ring substituents is 1. The number of ether oxygens (including phenoxy) is 2. The molecule has 6 nitrogen and oxygen atoms in total. The lowest BCUT2D eigenvalue weighted by Crippen LogP contribution is -1.98. The minimum atomic E-state index is -0.479. The van der Waals surface area contributed by atoms with Crippen molar-refractivity contribution in [2.75, 3.05) is 7.11 Å². The Labute approximate surface area is 109 Å². The third-order valence-electron chi connectivity index (χ3n) is 2.48. The van der Waals surface area contributed by atoms with Gasteiger partial charge in [-0.15, -0.1) is 0 Å². The Hall–Kier alpha value is -2.63. The first-order valence-corrected chi connectivity index (χ1v) is 5.55. The molecule has 0 aliphatic heterocycles. The maximum atomic E-state index is 10.7. The van der Waals surface area contributed by atoms with Crippen LogP contribution in [0.1, 0.15) is 5.56 Å². The second-order valence-corrected chi connectivity index (χ2v) is 3.74. The van der Waals surface area contributed by atoms with Gasteiger partial charge in [0.05, 0.1) is 18.1 Å². The molecule has 98 valence electrons. The van der Waals surface area contributed by atoms with E-state index >= 15 is 0 Å². The lowest BCUT2D eigenvalue weighted by Gasteiger charge is -2.10. The summed E-state index contributed by atoms with van der Waals surface area (Å²) in [6.07, 6.45) is 3.37. The summed E-state index contributed by atoms with van der Waals surface area (Å²) in [6, 6.07) is 7.92. The highest BCUT2D eigenvalue weighted by molar-refractivity contribution is 5.48. The van der Waals surface area contributed by atoms with Gasteiger partial charge in [0.2, 0.25) is 0 Å². The molecule has 19 heavy (non-hydrogen) atoms. The third kappa shape index (κ3) is 3.19. The van der Waals surface area contributed by atoms with Gasteiger partial charge in [-0.3, -0.25) is 15.1 Å². The molecule has 0 aliphatic carbocycles. The van der Waals surface area contributed by atoms with Gasteiger partial charge in [-0.25, -0.2) is 0 Å². The van der Waals surface area contributed by atoms with E-state index < -0.39 is 4.92 Å². The molecule has 0 aliphatic rings. The summed E-state index contributed by atoms with van der Waals surface area (Å²) in [6.45, 7) is 0.321. The standard InChI is InChI=1S/C13H12N2O4/c1-18-13-7-11(15(16)17)4-5-12(13)19-9-10-3-2-6-14-8-10/h2-8H,9H2,1H3. The van der Waals surface area contributed by atoms with Crippen LogP contribution in [0.15, 0.2) is 42.7 Å². The molecule has 0 saturated heterocycles. The number of rotatable bonds is 5. The number of pyridine rings is 1. The molecule has 0 amide bonds. The SMILES string of the molecule is COc1cc([N+](=O)[O-])ccc1OCc1cccnc1.